The first-order valence-electron chi connectivity index (χ1n) is 7.61. The number of rotatable bonds is 4. The molecule has 4 heteroatoms. The van der Waals surface area contributed by atoms with Gasteiger partial charge in [0.1, 0.15) is 0 Å². The third-order valence-electron chi connectivity index (χ3n) is 3.78. The lowest BCUT2D eigenvalue weighted by Crippen LogP contribution is -2.09. The second kappa shape index (κ2) is 7.24. The summed E-state index contributed by atoms with van der Waals surface area (Å²) in [6.07, 6.45) is 0. The van der Waals surface area contributed by atoms with E-state index in [0.717, 1.165) is 33.7 Å². The fourth-order valence-corrected chi connectivity index (χ4v) is 2.61. The van der Waals surface area contributed by atoms with Crippen molar-refractivity contribution >= 4 is 11.4 Å². The zero-order chi connectivity index (χ0) is 16.8. The van der Waals surface area contributed by atoms with Gasteiger partial charge in [-0.25, -0.2) is 0 Å². The van der Waals surface area contributed by atoms with Gasteiger partial charge in [0.25, 0.3) is 0 Å². The van der Waals surface area contributed by atoms with Crippen molar-refractivity contribution in [3.8, 4) is 0 Å². The minimum absolute atomic E-state index is 0.744. The number of hydrogen-bond donors (Lipinski definition) is 2. The van der Waals surface area contributed by atoms with Crippen LogP contribution in [-0.2, 0) is 0 Å². The maximum Gasteiger partial charge on any atom is 0.0971 e. The van der Waals surface area contributed by atoms with Crippen molar-refractivity contribution in [2.24, 2.45) is 21.9 Å². The van der Waals surface area contributed by atoms with Crippen molar-refractivity contribution in [1.29, 1.82) is 0 Å². The highest BCUT2D eigenvalue weighted by Gasteiger charge is 2.10. The van der Waals surface area contributed by atoms with Crippen LogP contribution in [0.3, 0.4) is 0 Å². The summed E-state index contributed by atoms with van der Waals surface area (Å²) < 4.78 is 0. The molecular formula is C20H18N4. The van der Waals surface area contributed by atoms with Gasteiger partial charge in [0.2, 0.25) is 0 Å². The van der Waals surface area contributed by atoms with E-state index in [1.165, 1.54) is 0 Å². The zero-order valence-electron chi connectivity index (χ0n) is 13.1. The minimum Gasteiger partial charge on any atom is -0.323 e. The van der Waals surface area contributed by atoms with Gasteiger partial charge in [0.15, 0.2) is 0 Å². The second-order valence-electron chi connectivity index (χ2n) is 5.26. The number of hydrogen-bond acceptors (Lipinski definition) is 4. The Morgan fingerprint density at radius 3 is 1.04 bits per heavy atom. The lowest BCUT2D eigenvalue weighted by atomic mass is 9.97. The van der Waals surface area contributed by atoms with Gasteiger partial charge in [0.05, 0.1) is 11.4 Å². The highest BCUT2D eigenvalue weighted by atomic mass is 15.1. The van der Waals surface area contributed by atoms with E-state index in [2.05, 4.69) is 10.2 Å². The second-order valence-corrected chi connectivity index (χ2v) is 5.26. The first-order valence-corrected chi connectivity index (χ1v) is 7.61. The van der Waals surface area contributed by atoms with Crippen LogP contribution in [0.5, 0.6) is 0 Å². The van der Waals surface area contributed by atoms with Crippen molar-refractivity contribution in [3.63, 3.8) is 0 Å². The van der Waals surface area contributed by atoms with Crippen LogP contribution < -0.4 is 11.7 Å². The van der Waals surface area contributed by atoms with Gasteiger partial charge in [-0.3, -0.25) is 0 Å². The maximum atomic E-state index is 5.60. The molecule has 118 valence electrons. The highest BCUT2D eigenvalue weighted by Crippen LogP contribution is 2.15. The zero-order valence-corrected chi connectivity index (χ0v) is 13.1. The molecule has 0 bridgehead atoms. The Hall–Kier alpha value is -3.40. The molecule has 0 amide bonds. The van der Waals surface area contributed by atoms with Crippen molar-refractivity contribution < 1.29 is 0 Å². The summed E-state index contributed by atoms with van der Waals surface area (Å²) in [5.74, 6) is 11.2. The van der Waals surface area contributed by atoms with Crippen LogP contribution in [0.1, 0.15) is 22.3 Å². The molecule has 4 nitrogen and oxygen atoms in total. The molecule has 0 fully saturated rings. The standard InChI is InChI=1S/C20H18N4/c21-23-19(15-7-3-1-4-8-15)17-11-13-18(14-12-17)20(24-22)16-9-5-2-6-10-16/h1-14H,21-22H2. The van der Waals surface area contributed by atoms with Gasteiger partial charge in [0, 0.05) is 22.3 Å². The SMILES string of the molecule is NN=C(c1ccccc1)c1ccc(C(=NN)c2ccccc2)cc1. The largest absolute Gasteiger partial charge is 0.323 e. The quantitative estimate of drug-likeness (QED) is 0.441. The Balaban J connectivity index is 1.93. The van der Waals surface area contributed by atoms with Crippen molar-refractivity contribution in [3.05, 3.63) is 107 Å². The number of hydrazone groups is 2. The van der Waals surface area contributed by atoms with Gasteiger partial charge < -0.3 is 11.7 Å². The molecular weight excluding hydrogens is 296 g/mol. The van der Waals surface area contributed by atoms with Crippen LogP contribution in [0.15, 0.2) is 95.1 Å². The average Bonchev–Trinajstić information content (AvgIpc) is 2.66. The van der Waals surface area contributed by atoms with E-state index in [9.17, 15) is 0 Å². The molecule has 0 heterocycles. The molecule has 24 heavy (non-hydrogen) atoms. The fraction of sp³-hybridized carbons (Fsp3) is 0. The Morgan fingerprint density at radius 2 is 0.750 bits per heavy atom. The molecule has 0 aliphatic heterocycles. The third-order valence-corrected chi connectivity index (χ3v) is 3.78. The van der Waals surface area contributed by atoms with Gasteiger partial charge in [-0.1, -0.05) is 84.9 Å². The molecule has 0 aromatic heterocycles. The molecule has 0 saturated carbocycles. The first-order chi connectivity index (χ1) is 11.8. The lowest BCUT2D eigenvalue weighted by Gasteiger charge is -2.09. The van der Waals surface area contributed by atoms with E-state index >= 15 is 0 Å². The number of nitrogens with zero attached hydrogens (tertiary/aromatic N) is 2. The van der Waals surface area contributed by atoms with Crippen LogP contribution in [0, 0.1) is 0 Å². The van der Waals surface area contributed by atoms with Crippen LogP contribution in [-0.4, -0.2) is 11.4 Å². The van der Waals surface area contributed by atoms with E-state index in [4.69, 9.17) is 11.7 Å². The molecule has 0 saturated heterocycles. The summed E-state index contributed by atoms with van der Waals surface area (Å²) in [5, 5.41) is 7.89. The van der Waals surface area contributed by atoms with E-state index in [0.29, 0.717) is 0 Å². The highest BCUT2D eigenvalue weighted by molar-refractivity contribution is 6.15. The van der Waals surface area contributed by atoms with Gasteiger partial charge in [-0.15, -0.1) is 0 Å². The Morgan fingerprint density at radius 1 is 0.458 bits per heavy atom. The molecule has 0 aliphatic carbocycles. The molecule has 3 aromatic carbocycles. The first kappa shape index (κ1) is 15.5. The van der Waals surface area contributed by atoms with Crippen LogP contribution >= 0.6 is 0 Å². The molecule has 0 spiro atoms. The maximum absolute atomic E-state index is 5.60. The summed E-state index contributed by atoms with van der Waals surface area (Å²) in [6, 6.07) is 27.6. The van der Waals surface area contributed by atoms with E-state index in [-0.39, 0.29) is 0 Å². The minimum atomic E-state index is 0.744. The van der Waals surface area contributed by atoms with Crippen molar-refractivity contribution in [2.45, 2.75) is 0 Å². The molecule has 0 aliphatic rings. The summed E-state index contributed by atoms with van der Waals surface area (Å²) in [7, 11) is 0. The van der Waals surface area contributed by atoms with Crippen molar-refractivity contribution in [1.82, 2.24) is 0 Å². The Labute approximate surface area is 141 Å². The molecule has 0 radical (unpaired) electrons. The Kier molecular flexibility index (Phi) is 4.68. The summed E-state index contributed by atoms with van der Waals surface area (Å²) in [5.41, 5.74) is 5.32. The number of benzene rings is 3. The smallest absolute Gasteiger partial charge is 0.0971 e. The third kappa shape index (κ3) is 3.17. The van der Waals surface area contributed by atoms with Crippen LogP contribution in [0.4, 0.5) is 0 Å². The average molecular weight is 314 g/mol. The Bertz CT molecular complexity index is 777. The van der Waals surface area contributed by atoms with Gasteiger partial charge >= 0.3 is 0 Å². The van der Waals surface area contributed by atoms with Crippen LogP contribution in [0.2, 0.25) is 0 Å². The topological polar surface area (TPSA) is 76.8 Å². The molecule has 3 rings (SSSR count). The van der Waals surface area contributed by atoms with E-state index in [1.807, 2.05) is 84.9 Å². The molecule has 4 N–H and O–H groups in total. The van der Waals surface area contributed by atoms with Gasteiger partial charge in [-0.2, -0.15) is 10.2 Å². The molecule has 3 aromatic rings. The van der Waals surface area contributed by atoms with E-state index in [1.54, 1.807) is 0 Å². The predicted molar refractivity (Wildman–Crippen MR) is 99.0 cm³/mol. The van der Waals surface area contributed by atoms with Crippen molar-refractivity contribution in [2.75, 3.05) is 0 Å². The summed E-state index contributed by atoms with van der Waals surface area (Å²) in [4.78, 5) is 0. The van der Waals surface area contributed by atoms with Gasteiger partial charge in [-0.05, 0) is 0 Å². The molecule has 0 atom stereocenters. The molecule has 0 unspecified atom stereocenters. The monoisotopic (exact) mass is 314 g/mol. The normalized spacial score (nSPS) is 12.2. The van der Waals surface area contributed by atoms with Crippen LogP contribution in [0.25, 0.3) is 0 Å². The number of nitrogens with two attached hydrogens (primary N) is 2. The summed E-state index contributed by atoms with van der Waals surface area (Å²) >= 11 is 0. The summed E-state index contributed by atoms with van der Waals surface area (Å²) in [6.45, 7) is 0. The van der Waals surface area contributed by atoms with E-state index < -0.39 is 0 Å². The predicted octanol–water partition coefficient (Wildman–Crippen LogP) is 3.11. The lowest BCUT2D eigenvalue weighted by molar-refractivity contribution is 1.24. The fourth-order valence-electron chi connectivity index (χ4n) is 2.61.